The van der Waals surface area contributed by atoms with Crippen molar-refractivity contribution in [2.24, 2.45) is 5.41 Å². The number of aliphatic hydroxyl groups excluding tert-OH is 3. The monoisotopic (exact) mass is 443 g/mol. The van der Waals surface area contributed by atoms with E-state index in [2.05, 4.69) is 0 Å². The second-order valence-corrected chi connectivity index (χ2v) is 7.41. The number of carbonyl (C=O) groups is 1. The fraction of sp³-hybridized carbons (Fsp3) is 0.875. The summed E-state index contributed by atoms with van der Waals surface area (Å²) < 4.78 is 1.21. The van der Waals surface area contributed by atoms with Gasteiger partial charge in [0.05, 0.1) is 51.8 Å². The van der Waals surface area contributed by atoms with Gasteiger partial charge in [-0.2, -0.15) is 0 Å². The third-order valence-electron chi connectivity index (χ3n) is 2.63. The van der Waals surface area contributed by atoms with E-state index in [1.165, 1.54) is 8.25 Å². The first-order valence-electron chi connectivity index (χ1n) is 4.40. The summed E-state index contributed by atoms with van der Waals surface area (Å²) in [5.74, 6) is -0.493. The number of rotatable bonds is 5. The standard InChI is InChI=1S/C8H15I2NO4/c1-5(13)8(2,3-4-12)6(14)7(15)11(9)10/h5-6,12-14H,3-4H2,1-2H3. The van der Waals surface area contributed by atoms with Gasteiger partial charge in [0.25, 0.3) is 5.91 Å². The molecule has 0 rings (SSSR count). The Morgan fingerprint density at radius 1 is 1.47 bits per heavy atom. The van der Waals surface area contributed by atoms with Crippen LogP contribution in [0.5, 0.6) is 0 Å². The minimum atomic E-state index is -1.32. The van der Waals surface area contributed by atoms with Crippen LogP contribution in [0.2, 0.25) is 0 Å². The molecular formula is C8H15I2NO4. The quantitative estimate of drug-likeness (QED) is 0.431. The topological polar surface area (TPSA) is 81.0 Å². The smallest absolute Gasteiger partial charge is 0.269 e. The molecule has 3 N–H and O–H groups in total. The predicted octanol–water partition coefficient (Wildman–Crippen LogP) is 0.645. The zero-order valence-corrected chi connectivity index (χ0v) is 12.8. The molecule has 1 amide bonds. The lowest BCUT2D eigenvalue weighted by Crippen LogP contribution is -2.48. The maximum absolute atomic E-state index is 11.5. The Bertz CT molecular complexity index is 225. The number of nitrogens with zero attached hydrogens (tertiary/aromatic N) is 1. The largest absolute Gasteiger partial charge is 0.396 e. The summed E-state index contributed by atoms with van der Waals surface area (Å²) in [6.07, 6.45) is -2.03. The fourth-order valence-corrected chi connectivity index (χ4v) is 1.72. The van der Waals surface area contributed by atoms with Crippen molar-refractivity contribution >= 4 is 51.6 Å². The second-order valence-electron chi connectivity index (χ2n) is 3.63. The van der Waals surface area contributed by atoms with Gasteiger partial charge < -0.3 is 15.3 Å². The first-order chi connectivity index (χ1) is 6.77. The van der Waals surface area contributed by atoms with Crippen molar-refractivity contribution in [3.05, 3.63) is 0 Å². The molecule has 0 heterocycles. The molecule has 0 spiro atoms. The van der Waals surface area contributed by atoms with Crippen LogP contribution in [0, 0.1) is 5.41 Å². The van der Waals surface area contributed by atoms with Gasteiger partial charge in [-0.1, -0.05) is 6.92 Å². The first-order valence-corrected chi connectivity index (χ1v) is 6.33. The highest BCUT2D eigenvalue weighted by Gasteiger charge is 2.42. The van der Waals surface area contributed by atoms with E-state index in [4.69, 9.17) is 5.11 Å². The van der Waals surface area contributed by atoms with Crippen LogP contribution in [0.25, 0.3) is 0 Å². The van der Waals surface area contributed by atoms with Crippen molar-refractivity contribution in [3.63, 3.8) is 0 Å². The Hall–Kier alpha value is 0.810. The van der Waals surface area contributed by atoms with Crippen molar-refractivity contribution in [1.82, 2.24) is 1.33 Å². The highest BCUT2D eigenvalue weighted by molar-refractivity contribution is 14.2. The molecule has 0 aliphatic carbocycles. The summed E-state index contributed by atoms with van der Waals surface area (Å²) in [5, 5.41) is 28.3. The third-order valence-corrected chi connectivity index (χ3v) is 3.58. The predicted molar refractivity (Wildman–Crippen MR) is 72.4 cm³/mol. The van der Waals surface area contributed by atoms with E-state index in [-0.39, 0.29) is 13.0 Å². The van der Waals surface area contributed by atoms with Crippen molar-refractivity contribution in [3.8, 4) is 0 Å². The Balaban J connectivity index is 4.84. The van der Waals surface area contributed by atoms with Crippen LogP contribution in [0.15, 0.2) is 0 Å². The minimum absolute atomic E-state index is 0.165. The maximum Gasteiger partial charge on any atom is 0.269 e. The Labute approximate surface area is 117 Å². The van der Waals surface area contributed by atoms with E-state index in [9.17, 15) is 15.0 Å². The van der Waals surface area contributed by atoms with E-state index in [0.717, 1.165) is 0 Å². The van der Waals surface area contributed by atoms with Crippen LogP contribution < -0.4 is 0 Å². The molecule has 5 nitrogen and oxygen atoms in total. The van der Waals surface area contributed by atoms with Crippen molar-refractivity contribution in [2.75, 3.05) is 6.61 Å². The van der Waals surface area contributed by atoms with Crippen LogP contribution in [-0.4, -0.2) is 41.4 Å². The summed E-state index contributed by atoms with van der Waals surface area (Å²) in [6, 6.07) is 0. The van der Waals surface area contributed by atoms with E-state index in [1.807, 2.05) is 0 Å². The van der Waals surface area contributed by atoms with Gasteiger partial charge in [0.1, 0.15) is 6.10 Å². The number of aliphatic hydroxyl groups is 3. The number of halogens is 2. The third kappa shape index (κ3) is 3.95. The second kappa shape index (κ2) is 6.52. The van der Waals surface area contributed by atoms with Crippen LogP contribution >= 0.6 is 45.7 Å². The molecule has 0 radical (unpaired) electrons. The lowest BCUT2D eigenvalue weighted by molar-refractivity contribution is -0.144. The first kappa shape index (κ1) is 15.8. The van der Waals surface area contributed by atoms with E-state index in [0.29, 0.717) is 0 Å². The normalized spacial score (nSPS) is 19.1. The fourth-order valence-electron chi connectivity index (χ4n) is 1.19. The molecule has 90 valence electrons. The van der Waals surface area contributed by atoms with Crippen molar-refractivity contribution in [1.29, 1.82) is 0 Å². The summed E-state index contributed by atoms with van der Waals surface area (Å²) in [4.78, 5) is 11.5. The lowest BCUT2D eigenvalue weighted by atomic mass is 9.76. The summed E-state index contributed by atoms with van der Waals surface area (Å²) in [6.45, 7) is 2.89. The molecule has 0 aliphatic rings. The Morgan fingerprint density at radius 3 is 2.20 bits per heavy atom. The van der Waals surface area contributed by atoms with Gasteiger partial charge in [0, 0.05) is 12.0 Å². The lowest BCUT2D eigenvalue weighted by Gasteiger charge is -2.36. The van der Waals surface area contributed by atoms with E-state index in [1.54, 1.807) is 52.7 Å². The van der Waals surface area contributed by atoms with Crippen LogP contribution in [0.3, 0.4) is 0 Å². The van der Waals surface area contributed by atoms with Gasteiger partial charge >= 0.3 is 0 Å². The molecule has 15 heavy (non-hydrogen) atoms. The summed E-state index contributed by atoms with van der Waals surface area (Å²) in [5.41, 5.74) is -1.03. The molecule has 0 bridgehead atoms. The van der Waals surface area contributed by atoms with Crippen LogP contribution in [0.4, 0.5) is 0 Å². The number of hydrogen-bond donors (Lipinski definition) is 3. The molecule has 3 unspecified atom stereocenters. The zero-order valence-electron chi connectivity index (χ0n) is 8.52. The number of hydrogen-bond acceptors (Lipinski definition) is 4. The molecular weight excluding hydrogens is 428 g/mol. The molecule has 0 aliphatic heterocycles. The van der Waals surface area contributed by atoms with Gasteiger partial charge in [0.2, 0.25) is 0 Å². The molecule has 0 aromatic carbocycles. The highest BCUT2D eigenvalue weighted by atomic mass is 127. The van der Waals surface area contributed by atoms with Gasteiger partial charge in [-0.15, -0.1) is 0 Å². The summed E-state index contributed by atoms with van der Waals surface area (Å²) >= 11 is 3.48. The maximum atomic E-state index is 11.5. The molecule has 0 fully saturated rings. The van der Waals surface area contributed by atoms with Crippen molar-refractivity contribution < 1.29 is 20.1 Å². The minimum Gasteiger partial charge on any atom is -0.396 e. The molecule has 3 atom stereocenters. The van der Waals surface area contributed by atoms with E-state index < -0.39 is 23.5 Å². The van der Waals surface area contributed by atoms with Gasteiger partial charge in [0.15, 0.2) is 0 Å². The molecule has 7 heteroatoms. The van der Waals surface area contributed by atoms with Crippen LogP contribution in [0.1, 0.15) is 20.3 Å². The number of amides is 1. The van der Waals surface area contributed by atoms with Crippen molar-refractivity contribution in [2.45, 2.75) is 32.5 Å². The van der Waals surface area contributed by atoms with Gasteiger partial charge in [-0.05, 0) is 13.3 Å². The summed E-state index contributed by atoms with van der Waals surface area (Å²) in [7, 11) is 0. The molecule has 0 aromatic heterocycles. The Morgan fingerprint density at radius 2 is 1.93 bits per heavy atom. The zero-order chi connectivity index (χ0) is 12.2. The Kier molecular flexibility index (Phi) is 6.87. The SMILES string of the molecule is CC(O)C(C)(CCO)C(O)C(=O)N(I)I. The average molecular weight is 443 g/mol. The van der Waals surface area contributed by atoms with Gasteiger partial charge in [-0.25, -0.2) is 1.33 Å². The van der Waals surface area contributed by atoms with Crippen LogP contribution in [-0.2, 0) is 4.79 Å². The highest BCUT2D eigenvalue weighted by Crippen LogP contribution is 2.32. The average Bonchev–Trinajstić information content (AvgIpc) is 2.15. The van der Waals surface area contributed by atoms with Gasteiger partial charge in [-0.3, -0.25) is 4.79 Å². The van der Waals surface area contributed by atoms with E-state index >= 15 is 0 Å². The molecule has 0 aromatic rings. The molecule has 0 saturated heterocycles. The number of carbonyl (C=O) groups excluding carboxylic acids is 1. The molecule has 0 saturated carbocycles.